The van der Waals surface area contributed by atoms with E-state index in [1.165, 1.54) is 12.4 Å². The number of aliphatic carboxylic acids is 1. The average molecular weight is 230 g/mol. The molecule has 86 valence electrons. The molecule has 0 fully saturated rings. The molecule has 1 unspecified atom stereocenters. The van der Waals surface area contributed by atoms with Gasteiger partial charge in [-0.05, 0) is 18.2 Å². The standard InChI is InChI=1S/C12H10N2O3/c15-12(16)11(9-3-1-5-13-7-9)17-10-4-2-6-14-8-10/h1-8,11H,(H,15,16). The molecule has 0 saturated carbocycles. The smallest absolute Gasteiger partial charge is 0.349 e. The van der Waals surface area contributed by atoms with Gasteiger partial charge in [0.2, 0.25) is 6.10 Å². The number of hydrogen-bond acceptors (Lipinski definition) is 4. The van der Waals surface area contributed by atoms with Gasteiger partial charge in [-0.3, -0.25) is 9.97 Å². The van der Waals surface area contributed by atoms with Gasteiger partial charge < -0.3 is 9.84 Å². The fourth-order valence-corrected chi connectivity index (χ4v) is 1.34. The molecular weight excluding hydrogens is 220 g/mol. The number of hydrogen-bond donors (Lipinski definition) is 1. The first kappa shape index (κ1) is 11.1. The summed E-state index contributed by atoms with van der Waals surface area (Å²) in [4.78, 5) is 18.9. The summed E-state index contributed by atoms with van der Waals surface area (Å²) in [6.45, 7) is 0. The van der Waals surface area contributed by atoms with Crippen molar-refractivity contribution >= 4 is 5.97 Å². The van der Waals surface area contributed by atoms with Gasteiger partial charge in [0.1, 0.15) is 5.75 Å². The van der Waals surface area contributed by atoms with Crippen LogP contribution in [0.3, 0.4) is 0 Å². The maximum Gasteiger partial charge on any atom is 0.349 e. The number of carbonyl (C=O) groups is 1. The minimum atomic E-state index is -1.08. The Morgan fingerprint density at radius 1 is 1.18 bits per heavy atom. The molecule has 0 saturated heterocycles. The first-order valence-corrected chi connectivity index (χ1v) is 4.97. The van der Waals surface area contributed by atoms with Crippen LogP contribution in [-0.2, 0) is 4.79 Å². The van der Waals surface area contributed by atoms with Crippen LogP contribution >= 0.6 is 0 Å². The Bertz CT molecular complexity index is 488. The van der Waals surface area contributed by atoms with Crippen LogP contribution in [0.15, 0.2) is 49.1 Å². The van der Waals surface area contributed by atoms with Crippen LogP contribution in [-0.4, -0.2) is 21.0 Å². The lowest BCUT2D eigenvalue weighted by atomic mass is 10.1. The van der Waals surface area contributed by atoms with Crippen molar-refractivity contribution in [2.24, 2.45) is 0 Å². The summed E-state index contributed by atoms with van der Waals surface area (Å²) in [5, 5.41) is 9.11. The molecule has 0 aliphatic rings. The Hall–Kier alpha value is -2.43. The largest absolute Gasteiger partial charge is 0.478 e. The molecular formula is C12H10N2O3. The maximum absolute atomic E-state index is 11.1. The highest BCUT2D eigenvalue weighted by molar-refractivity contribution is 5.74. The lowest BCUT2D eigenvalue weighted by molar-refractivity contribution is -0.145. The van der Waals surface area contributed by atoms with E-state index in [4.69, 9.17) is 9.84 Å². The van der Waals surface area contributed by atoms with Crippen molar-refractivity contribution in [3.8, 4) is 5.75 Å². The van der Waals surface area contributed by atoms with E-state index in [0.29, 0.717) is 11.3 Å². The van der Waals surface area contributed by atoms with Crippen LogP contribution in [0, 0.1) is 0 Å². The zero-order chi connectivity index (χ0) is 12.1. The van der Waals surface area contributed by atoms with E-state index >= 15 is 0 Å². The summed E-state index contributed by atoms with van der Waals surface area (Å²) in [6.07, 6.45) is 5.02. The SMILES string of the molecule is O=C(O)C(Oc1cccnc1)c1cccnc1. The van der Waals surface area contributed by atoms with Crippen molar-refractivity contribution < 1.29 is 14.6 Å². The van der Waals surface area contributed by atoms with Gasteiger partial charge in [-0.1, -0.05) is 6.07 Å². The topological polar surface area (TPSA) is 72.3 Å². The third-order valence-corrected chi connectivity index (χ3v) is 2.10. The third kappa shape index (κ3) is 2.78. The quantitative estimate of drug-likeness (QED) is 0.865. The summed E-state index contributed by atoms with van der Waals surface area (Å²) >= 11 is 0. The molecule has 0 bridgehead atoms. The van der Waals surface area contributed by atoms with Crippen LogP contribution in [0.5, 0.6) is 5.75 Å². The molecule has 17 heavy (non-hydrogen) atoms. The molecule has 2 aromatic rings. The van der Waals surface area contributed by atoms with Crippen molar-refractivity contribution in [3.05, 3.63) is 54.6 Å². The van der Waals surface area contributed by atoms with Gasteiger partial charge in [0.15, 0.2) is 0 Å². The highest BCUT2D eigenvalue weighted by Crippen LogP contribution is 2.20. The zero-order valence-corrected chi connectivity index (χ0v) is 8.85. The van der Waals surface area contributed by atoms with Crippen molar-refractivity contribution in [3.63, 3.8) is 0 Å². The van der Waals surface area contributed by atoms with E-state index in [9.17, 15) is 4.79 Å². The van der Waals surface area contributed by atoms with Gasteiger partial charge >= 0.3 is 5.97 Å². The van der Waals surface area contributed by atoms with Crippen LogP contribution < -0.4 is 4.74 Å². The number of pyridine rings is 2. The van der Waals surface area contributed by atoms with Gasteiger partial charge in [0, 0.05) is 24.2 Å². The Kier molecular flexibility index (Phi) is 3.30. The van der Waals surface area contributed by atoms with Gasteiger partial charge in [0.25, 0.3) is 0 Å². The number of aromatic nitrogens is 2. The summed E-state index contributed by atoms with van der Waals surface area (Å²) in [6, 6.07) is 6.65. The molecule has 2 rings (SSSR count). The summed E-state index contributed by atoms with van der Waals surface area (Å²) < 4.78 is 5.36. The minimum absolute atomic E-state index is 0.406. The predicted molar refractivity (Wildman–Crippen MR) is 59.5 cm³/mol. The van der Waals surface area contributed by atoms with Crippen LogP contribution in [0.1, 0.15) is 11.7 Å². The number of carboxylic acids is 1. The molecule has 1 atom stereocenters. The van der Waals surface area contributed by atoms with Crippen LogP contribution in [0.4, 0.5) is 0 Å². The van der Waals surface area contributed by atoms with Crippen molar-refractivity contribution in [1.29, 1.82) is 0 Å². The van der Waals surface area contributed by atoms with E-state index < -0.39 is 12.1 Å². The molecule has 0 aliphatic carbocycles. The maximum atomic E-state index is 11.1. The molecule has 5 heteroatoms. The van der Waals surface area contributed by atoms with Crippen LogP contribution in [0.25, 0.3) is 0 Å². The van der Waals surface area contributed by atoms with E-state index in [2.05, 4.69) is 9.97 Å². The fraction of sp³-hybridized carbons (Fsp3) is 0.0833. The summed E-state index contributed by atoms with van der Waals surface area (Å²) in [5.41, 5.74) is 0.490. The molecule has 0 radical (unpaired) electrons. The monoisotopic (exact) mass is 230 g/mol. The first-order chi connectivity index (χ1) is 8.27. The Morgan fingerprint density at radius 3 is 2.41 bits per heavy atom. The average Bonchev–Trinajstić information content (AvgIpc) is 2.38. The van der Waals surface area contributed by atoms with E-state index in [-0.39, 0.29) is 0 Å². The number of ether oxygens (including phenoxy) is 1. The lowest BCUT2D eigenvalue weighted by Gasteiger charge is -2.14. The van der Waals surface area contributed by atoms with Gasteiger partial charge in [-0.2, -0.15) is 0 Å². The second kappa shape index (κ2) is 5.07. The van der Waals surface area contributed by atoms with Crippen molar-refractivity contribution in [1.82, 2.24) is 9.97 Å². The van der Waals surface area contributed by atoms with Gasteiger partial charge in [0.05, 0.1) is 6.20 Å². The Morgan fingerprint density at radius 2 is 1.88 bits per heavy atom. The third-order valence-electron chi connectivity index (χ3n) is 2.10. The summed E-state index contributed by atoms with van der Waals surface area (Å²) in [7, 11) is 0. The highest BCUT2D eigenvalue weighted by Gasteiger charge is 2.21. The molecule has 0 aliphatic heterocycles. The predicted octanol–water partition coefficient (Wildman–Crippen LogP) is 1.68. The highest BCUT2D eigenvalue weighted by atomic mass is 16.5. The van der Waals surface area contributed by atoms with Gasteiger partial charge in [-0.15, -0.1) is 0 Å². The lowest BCUT2D eigenvalue weighted by Crippen LogP contribution is -2.18. The summed E-state index contributed by atoms with van der Waals surface area (Å²) in [5.74, 6) is -0.661. The normalized spacial score (nSPS) is 11.8. The molecule has 0 spiro atoms. The number of nitrogens with zero attached hydrogens (tertiary/aromatic N) is 2. The molecule has 2 heterocycles. The van der Waals surface area contributed by atoms with Crippen molar-refractivity contribution in [2.45, 2.75) is 6.10 Å². The second-order valence-corrected chi connectivity index (χ2v) is 3.31. The Labute approximate surface area is 97.7 Å². The molecule has 1 N–H and O–H groups in total. The molecule has 0 aromatic carbocycles. The number of rotatable bonds is 4. The molecule has 5 nitrogen and oxygen atoms in total. The van der Waals surface area contributed by atoms with E-state index in [1.807, 2.05) is 0 Å². The Balaban J connectivity index is 2.23. The van der Waals surface area contributed by atoms with E-state index in [0.717, 1.165) is 0 Å². The second-order valence-electron chi connectivity index (χ2n) is 3.31. The van der Waals surface area contributed by atoms with Crippen LogP contribution in [0.2, 0.25) is 0 Å². The van der Waals surface area contributed by atoms with Crippen molar-refractivity contribution in [2.75, 3.05) is 0 Å². The molecule has 2 aromatic heterocycles. The molecule has 0 amide bonds. The minimum Gasteiger partial charge on any atom is -0.478 e. The zero-order valence-electron chi connectivity index (χ0n) is 8.85. The van der Waals surface area contributed by atoms with Gasteiger partial charge in [-0.25, -0.2) is 4.79 Å². The fourth-order valence-electron chi connectivity index (χ4n) is 1.34. The first-order valence-electron chi connectivity index (χ1n) is 4.97. The van der Waals surface area contributed by atoms with E-state index in [1.54, 1.807) is 36.7 Å². The number of carboxylic acid groups (broad SMARTS) is 1.